The number of rotatable bonds is 7. The van der Waals surface area contributed by atoms with E-state index in [9.17, 15) is 0 Å². The van der Waals surface area contributed by atoms with E-state index in [1.165, 1.54) is 5.56 Å². The lowest BCUT2D eigenvalue weighted by atomic mass is 10.1. The summed E-state index contributed by atoms with van der Waals surface area (Å²) in [6.45, 7) is 8.10. The maximum Gasteiger partial charge on any atom is 0.0991 e. The molecule has 0 unspecified atom stereocenters. The van der Waals surface area contributed by atoms with Crippen molar-refractivity contribution in [2.24, 2.45) is 5.92 Å². The maximum absolute atomic E-state index is 8.77. The van der Waals surface area contributed by atoms with Gasteiger partial charge in [-0.3, -0.25) is 4.90 Å². The summed E-state index contributed by atoms with van der Waals surface area (Å²) in [4.78, 5) is 2.38. The van der Waals surface area contributed by atoms with Crippen molar-refractivity contribution < 1.29 is 4.74 Å². The third-order valence-corrected chi connectivity index (χ3v) is 2.72. The number of nitrogens with zero attached hydrogens (tertiary/aromatic N) is 2. The number of nitriles is 1. The van der Waals surface area contributed by atoms with Gasteiger partial charge in [-0.15, -0.1) is 0 Å². The van der Waals surface area contributed by atoms with Gasteiger partial charge in [0, 0.05) is 26.7 Å². The molecule has 0 radical (unpaired) electrons. The zero-order valence-corrected chi connectivity index (χ0v) is 11.5. The van der Waals surface area contributed by atoms with E-state index >= 15 is 0 Å². The van der Waals surface area contributed by atoms with Crippen LogP contribution >= 0.6 is 0 Å². The van der Waals surface area contributed by atoms with E-state index in [0.29, 0.717) is 11.5 Å². The molecule has 0 aliphatic rings. The number of benzene rings is 1. The van der Waals surface area contributed by atoms with E-state index < -0.39 is 0 Å². The number of methoxy groups -OCH3 is 1. The van der Waals surface area contributed by atoms with E-state index in [2.05, 4.69) is 24.8 Å². The molecule has 0 saturated heterocycles. The zero-order valence-electron chi connectivity index (χ0n) is 11.5. The lowest BCUT2D eigenvalue weighted by Gasteiger charge is -2.24. The molecule has 0 heterocycles. The summed E-state index contributed by atoms with van der Waals surface area (Å²) < 4.78 is 5.14. The van der Waals surface area contributed by atoms with Crippen molar-refractivity contribution in [3.63, 3.8) is 0 Å². The van der Waals surface area contributed by atoms with Gasteiger partial charge in [0.25, 0.3) is 0 Å². The van der Waals surface area contributed by atoms with E-state index in [0.717, 1.165) is 26.2 Å². The molecule has 0 bridgehead atoms. The summed E-state index contributed by atoms with van der Waals surface area (Å²) >= 11 is 0. The van der Waals surface area contributed by atoms with Crippen LogP contribution in [0.15, 0.2) is 24.3 Å². The van der Waals surface area contributed by atoms with Gasteiger partial charge in [-0.05, 0) is 23.6 Å². The molecule has 0 spiro atoms. The summed E-state index contributed by atoms with van der Waals surface area (Å²) in [6, 6.07) is 9.94. The van der Waals surface area contributed by atoms with Gasteiger partial charge in [0.05, 0.1) is 18.2 Å². The standard InChI is InChI=1S/C15H22N2O/c1-13(2)11-17(8-9-18-3)12-15-6-4-14(10-16)5-7-15/h4-7,13H,8-9,11-12H2,1-3H3. The number of ether oxygens (including phenoxy) is 1. The first-order chi connectivity index (χ1) is 8.65. The fourth-order valence-corrected chi connectivity index (χ4v) is 1.91. The predicted octanol–water partition coefficient (Wildman–Crippen LogP) is 2.66. The minimum Gasteiger partial charge on any atom is -0.383 e. The van der Waals surface area contributed by atoms with E-state index in [1.807, 2.05) is 24.3 Å². The first-order valence-electron chi connectivity index (χ1n) is 6.36. The molecule has 0 atom stereocenters. The normalized spacial score (nSPS) is 10.9. The van der Waals surface area contributed by atoms with Crippen LogP contribution in [0.25, 0.3) is 0 Å². The second-order valence-corrected chi connectivity index (χ2v) is 4.93. The third-order valence-electron chi connectivity index (χ3n) is 2.72. The molecular weight excluding hydrogens is 224 g/mol. The quantitative estimate of drug-likeness (QED) is 0.742. The van der Waals surface area contributed by atoms with Gasteiger partial charge in [-0.2, -0.15) is 5.26 Å². The first-order valence-corrected chi connectivity index (χ1v) is 6.36. The highest BCUT2D eigenvalue weighted by molar-refractivity contribution is 5.31. The third kappa shape index (κ3) is 5.31. The predicted molar refractivity (Wildman–Crippen MR) is 73.1 cm³/mol. The lowest BCUT2D eigenvalue weighted by molar-refractivity contribution is 0.136. The van der Waals surface area contributed by atoms with Crippen LogP contribution in [0.3, 0.4) is 0 Å². The van der Waals surface area contributed by atoms with Crippen LogP contribution in [-0.4, -0.2) is 31.7 Å². The summed E-state index contributed by atoms with van der Waals surface area (Å²) in [5.41, 5.74) is 1.96. The van der Waals surface area contributed by atoms with Crippen LogP contribution in [0, 0.1) is 17.2 Å². The summed E-state index contributed by atoms with van der Waals surface area (Å²) in [6.07, 6.45) is 0. The molecule has 0 aliphatic heterocycles. The molecule has 0 fully saturated rings. The highest BCUT2D eigenvalue weighted by atomic mass is 16.5. The van der Waals surface area contributed by atoms with Crippen molar-refractivity contribution in [2.45, 2.75) is 20.4 Å². The Bertz CT molecular complexity index is 378. The van der Waals surface area contributed by atoms with Gasteiger partial charge < -0.3 is 4.74 Å². The summed E-state index contributed by atoms with van der Waals surface area (Å²) in [5.74, 6) is 0.639. The zero-order chi connectivity index (χ0) is 13.4. The number of hydrogen-bond acceptors (Lipinski definition) is 3. The second-order valence-electron chi connectivity index (χ2n) is 4.93. The second kappa shape index (κ2) is 7.86. The fourth-order valence-electron chi connectivity index (χ4n) is 1.91. The Balaban J connectivity index is 2.60. The van der Waals surface area contributed by atoms with Gasteiger partial charge in [0.2, 0.25) is 0 Å². The van der Waals surface area contributed by atoms with Gasteiger partial charge >= 0.3 is 0 Å². The van der Waals surface area contributed by atoms with Crippen molar-refractivity contribution in [1.29, 1.82) is 5.26 Å². The molecule has 0 aromatic heterocycles. The van der Waals surface area contributed by atoms with Gasteiger partial charge in [0.1, 0.15) is 0 Å². The molecule has 1 rings (SSSR count). The molecule has 0 aliphatic carbocycles. The van der Waals surface area contributed by atoms with Crippen molar-refractivity contribution in [1.82, 2.24) is 4.90 Å². The molecule has 0 N–H and O–H groups in total. The highest BCUT2D eigenvalue weighted by Crippen LogP contribution is 2.09. The maximum atomic E-state index is 8.77. The van der Waals surface area contributed by atoms with E-state index in [4.69, 9.17) is 10.00 Å². The van der Waals surface area contributed by atoms with Crippen LogP contribution in [0.2, 0.25) is 0 Å². The minimum atomic E-state index is 0.639. The van der Waals surface area contributed by atoms with E-state index in [-0.39, 0.29) is 0 Å². The lowest BCUT2D eigenvalue weighted by Crippen LogP contribution is -2.30. The monoisotopic (exact) mass is 246 g/mol. The topological polar surface area (TPSA) is 36.3 Å². The van der Waals surface area contributed by atoms with Crippen LogP contribution < -0.4 is 0 Å². The molecule has 0 amide bonds. The number of hydrogen-bond donors (Lipinski definition) is 0. The highest BCUT2D eigenvalue weighted by Gasteiger charge is 2.08. The van der Waals surface area contributed by atoms with Crippen molar-refractivity contribution >= 4 is 0 Å². The molecule has 0 saturated carbocycles. The average molecular weight is 246 g/mol. The Labute approximate surface area is 110 Å². The van der Waals surface area contributed by atoms with Crippen LogP contribution in [0.5, 0.6) is 0 Å². The molecule has 3 nitrogen and oxygen atoms in total. The van der Waals surface area contributed by atoms with Gasteiger partial charge in [-0.25, -0.2) is 0 Å². The molecule has 1 aromatic rings. The van der Waals surface area contributed by atoms with Gasteiger partial charge in [0.15, 0.2) is 0 Å². The SMILES string of the molecule is COCCN(Cc1ccc(C#N)cc1)CC(C)C. The molecule has 1 aromatic carbocycles. The Hall–Kier alpha value is -1.37. The Morgan fingerprint density at radius 2 is 1.94 bits per heavy atom. The van der Waals surface area contributed by atoms with Crippen molar-refractivity contribution in [3.8, 4) is 6.07 Å². The average Bonchev–Trinajstić information content (AvgIpc) is 2.36. The van der Waals surface area contributed by atoms with Gasteiger partial charge in [-0.1, -0.05) is 26.0 Å². The molecule has 18 heavy (non-hydrogen) atoms. The first kappa shape index (κ1) is 14.7. The fraction of sp³-hybridized carbons (Fsp3) is 0.533. The Morgan fingerprint density at radius 3 is 2.44 bits per heavy atom. The van der Waals surface area contributed by atoms with Crippen molar-refractivity contribution in [2.75, 3.05) is 26.8 Å². The van der Waals surface area contributed by atoms with Crippen LogP contribution in [-0.2, 0) is 11.3 Å². The largest absolute Gasteiger partial charge is 0.383 e. The van der Waals surface area contributed by atoms with Crippen molar-refractivity contribution in [3.05, 3.63) is 35.4 Å². The molecule has 3 heteroatoms. The minimum absolute atomic E-state index is 0.639. The smallest absolute Gasteiger partial charge is 0.0991 e. The molecule has 98 valence electrons. The summed E-state index contributed by atoms with van der Waals surface area (Å²) in [5, 5.41) is 8.77. The van der Waals surface area contributed by atoms with Crippen LogP contribution in [0.4, 0.5) is 0 Å². The van der Waals surface area contributed by atoms with Crippen LogP contribution in [0.1, 0.15) is 25.0 Å². The molecular formula is C15H22N2O. The van der Waals surface area contributed by atoms with E-state index in [1.54, 1.807) is 7.11 Å². The Morgan fingerprint density at radius 1 is 1.28 bits per heavy atom. The Kier molecular flexibility index (Phi) is 6.42. The summed E-state index contributed by atoms with van der Waals surface area (Å²) in [7, 11) is 1.73.